The lowest BCUT2D eigenvalue weighted by molar-refractivity contribution is -0.137. The first-order valence-corrected chi connectivity index (χ1v) is 6.68. The molecule has 4 N–H and O–H groups in total. The summed E-state index contributed by atoms with van der Waals surface area (Å²) in [6, 6.07) is 6.64. The highest BCUT2D eigenvalue weighted by Crippen LogP contribution is 2.28. The van der Waals surface area contributed by atoms with Gasteiger partial charge in [-0.15, -0.1) is 0 Å². The molecule has 3 rings (SSSR count). The molecular weight excluding hydrogens is 258 g/mol. The summed E-state index contributed by atoms with van der Waals surface area (Å²) < 4.78 is 0. The van der Waals surface area contributed by atoms with Crippen LogP contribution in [0.3, 0.4) is 0 Å². The molecule has 2 aliphatic heterocycles. The summed E-state index contributed by atoms with van der Waals surface area (Å²) in [5, 5.41) is 12.8. The molecule has 3 atom stereocenters. The zero-order chi connectivity index (χ0) is 14.3. The van der Waals surface area contributed by atoms with Crippen LogP contribution in [-0.2, 0) is 16.0 Å². The van der Waals surface area contributed by atoms with Crippen molar-refractivity contribution in [2.24, 2.45) is 5.73 Å². The summed E-state index contributed by atoms with van der Waals surface area (Å²) in [5.41, 5.74) is 7.34. The second kappa shape index (κ2) is 4.79. The Labute approximate surface area is 116 Å². The summed E-state index contributed by atoms with van der Waals surface area (Å²) >= 11 is 0. The maximum absolute atomic E-state index is 12.5. The highest BCUT2D eigenvalue weighted by molar-refractivity contribution is 5.92. The molecule has 20 heavy (non-hydrogen) atoms. The normalized spacial score (nSPS) is 28.1. The van der Waals surface area contributed by atoms with E-state index in [1.807, 2.05) is 24.3 Å². The van der Waals surface area contributed by atoms with E-state index < -0.39 is 18.1 Å². The maximum Gasteiger partial charge on any atom is 0.246 e. The van der Waals surface area contributed by atoms with E-state index in [-0.39, 0.29) is 24.9 Å². The number of rotatable bonds is 2. The first kappa shape index (κ1) is 12.9. The minimum atomic E-state index is -0.706. The monoisotopic (exact) mass is 275 g/mol. The Morgan fingerprint density at radius 3 is 2.80 bits per heavy atom. The van der Waals surface area contributed by atoms with E-state index in [1.165, 1.54) is 4.90 Å². The predicted molar refractivity (Wildman–Crippen MR) is 72.9 cm³/mol. The number of carbonyl (C=O) groups is 2. The first-order valence-electron chi connectivity index (χ1n) is 6.68. The molecule has 2 amide bonds. The quantitative estimate of drug-likeness (QED) is 0.676. The third kappa shape index (κ3) is 2.12. The summed E-state index contributed by atoms with van der Waals surface area (Å²) in [7, 11) is 0. The van der Waals surface area contributed by atoms with Gasteiger partial charge >= 0.3 is 0 Å². The average Bonchev–Trinajstić information content (AvgIpc) is 3.01. The summed E-state index contributed by atoms with van der Waals surface area (Å²) in [5.74, 6) is -0.744. The van der Waals surface area contributed by atoms with Gasteiger partial charge in [0.25, 0.3) is 0 Å². The number of hydrogen-bond donors (Lipinski definition) is 3. The topological polar surface area (TPSA) is 95.7 Å². The van der Waals surface area contributed by atoms with Crippen LogP contribution in [0.25, 0.3) is 0 Å². The zero-order valence-electron chi connectivity index (χ0n) is 11.0. The van der Waals surface area contributed by atoms with Crippen molar-refractivity contribution >= 4 is 17.5 Å². The van der Waals surface area contributed by atoms with E-state index >= 15 is 0 Å². The van der Waals surface area contributed by atoms with E-state index in [4.69, 9.17) is 5.73 Å². The molecule has 106 valence electrons. The number of benzene rings is 1. The fourth-order valence-electron chi connectivity index (χ4n) is 2.97. The number of likely N-dealkylation sites (tertiary alicyclic amines) is 1. The van der Waals surface area contributed by atoms with Crippen LogP contribution in [0.1, 0.15) is 12.0 Å². The first-order chi connectivity index (χ1) is 9.56. The van der Waals surface area contributed by atoms with E-state index in [1.54, 1.807) is 0 Å². The molecule has 1 saturated heterocycles. The van der Waals surface area contributed by atoms with E-state index in [0.717, 1.165) is 11.3 Å². The second-order valence-electron chi connectivity index (χ2n) is 5.36. The van der Waals surface area contributed by atoms with Crippen molar-refractivity contribution in [2.75, 3.05) is 11.9 Å². The fourth-order valence-corrected chi connectivity index (χ4v) is 2.97. The predicted octanol–water partition coefficient (Wildman–Crippen LogP) is -0.530. The minimum Gasteiger partial charge on any atom is -0.391 e. The fraction of sp³-hybridized carbons (Fsp3) is 0.429. The molecule has 0 bridgehead atoms. The number of carbonyl (C=O) groups excluding carboxylic acids is 2. The number of para-hydroxylation sites is 1. The molecule has 2 heterocycles. The van der Waals surface area contributed by atoms with Gasteiger partial charge in [0, 0.05) is 25.1 Å². The Morgan fingerprint density at radius 1 is 1.35 bits per heavy atom. The van der Waals surface area contributed by atoms with Crippen molar-refractivity contribution in [3.8, 4) is 0 Å². The molecule has 2 aliphatic rings. The Morgan fingerprint density at radius 2 is 2.10 bits per heavy atom. The van der Waals surface area contributed by atoms with Gasteiger partial charge in [0.2, 0.25) is 11.8 Å². The highest BCUT2D eigenvalue weighted by atomic mass is 16.3. The molecule has 0 radical (unpaired) electrons. The van der Waals surface area contributed by atoms with Crippen molar-refractivity contribution in [2.45, 2.75) is 31.0 Å². The van der Waals surface area contributed by atoms with Crippen molar-refractivity contribution in [1.82, 2.24) is 4.90 Å². The van der Waals surface area contributed by atoms with Gasteiger partial charge in [-0.25, -0.2) is 0 Å². The lowest BCUT2D eigenvalue weighted by Gasteiger charge is -2.25. The van der Waals surface area contributed by atoms with Crippen molar-refractivity contribution < 1.29 is 14.7 Å². The molecular formula is C14H17N3O3. The lowest BCUT2D eigenvalue weighted by atomic mass is 10.1. The van der Waals surface area contributed by atoms with Gasteiger partial charge in [-0.3, -0.25) is 9.59 Å². The Bertz CT molecular complexity index is 535. The second-order valence-corrected chi connectivity index (χ2v) is 5.36. The standard InChI is InChI=1S/C14H17N3O3/c15-13(19)12-6-9(18)7-17(12)14(20)11-5-8-3-1-2-4-10(8)16-11/h1-4,9,11-12,16,18H,5-7H2,(H2,15,19). The molecule has 0 spiro atoms. The van der Waals surface area contributed by atoms with Gasteiger partial charge < -0.3 is 21.1 Å². The van der Waals surface area contributed by atoms with Crippen molar-refractivity contribution in [1.29, 1.82) is 0 Å². The Balaban J connectivity index is 1.76. The molecule has 0 aliphatic carbocycles. The summed E-state index contributed by atoms with van der Waals surface area (Å²) in [4.78, 5) is 25.3. The van der Waals surface area contributed by atoms with Crippen molar-refractivity contribution in [3.05, 3.63) is 29.8 Å². The number of hydrogen-bond acceptors (Lipinski definition) is 4. The van der Waals surface area contributed by atoms with Crippen LogP contribution in [0.2, 0.25) is 0 Å². The molecule has 1 fully saturated rings. The molecule has 6 heteroatoms. The molecule has 0 saturated carbocycles. The van der Waals surface area contributed by atoms with Crippen LogP contribution in [-0.4, -0.2) is 46.6 Å². The van der Waals surface area contributed by atoms with Crippen LogP contribution in [0, 0.1) is 0 Å². The smallest absolute Gasteiger partial charge is 0.246 e. The van der Waals surface area contributed by atoms with Gasteiger partial charge in [0.05, 0.1) is 6.10 Å². The van der Waals surface area contributed by atoms with Gasteiger partial charge in [-0.2, -0.15) is 0 Å². The van der Waals surface area contributed by atoms with E-state index in [0.29, 0.717) is 6.42 Å². The number of β-amino-alcohol motifs (C(OH)–C–C–N with tert-alkyl or cyclic N) is 1. The minimum absolute atomic E-state index is 0.168. The largest absolute Gasteiger partial charge is 0.391 e. The van der Waals surface area contributed by atoms with Gasteiger partial charge in [-0.05, 0) is 11.6 Å². The number of fused-ring (bicyclic) bond motifs is 1. The summed E-state index contributed by atoms with van der Waals surface area (Å²) in [6.45, 7) is 0.168. The van der Waals surface area contributed by atoms with Gasteiger partial charge in [0.1, 0.15) is 12.1 Å². The number of nitrogens with one attached hydrogen (secondary N) is 1. The van der Waals surface area contributed by atoms with E-state index in [9.17, 15) is 14.7 Å². The summed E-state index contributed by atoms with van der Waals surface area (Å²) in [6.07, 6.45) is 0.133. The Kier molecular flexibility index (Phi) is 3.10. The Hall–Kier alpha value is -2.08. The van der Waals surface area contributed by atoms with Crippen LogP contribution in [0.15, 0.2) is 24.3 Å². The highest BCUT2D eigenvalue weighted by Gasteiger charge is 2.41. The lowest BCUT2D eigenvalue weighted by Crippen LogP contribution is -2.49. The third-order valence-electron chi connectivity index (χ3n) is 3.96. The number of aliphatic hydroxyl groups excluding tert-OH is 1. The maximum atomic E-state index is 12.5. The third-order valence-corrected chi connectivity index (χ3v) is 3.96. The van der Waals surface area contributed by atoms with Crippen molar-refractivity contribution in [3.63, 3.8) is 0 Å². The number of nitrogens with zero attached hydrogens (tertiary/aromatic N) is 1. The number of amides is 2. The number of primary amides is 1. The molecule has 0 aromatic heterocycles. The van der Waals surface area contributed by atoms with Crippen LogP contribution >= 0.6 is 0 Å². The number of nitrogens with two attached hydrogens (primary N) is 1. The van der Waals surface area contributed by atoms with Gasteiger partial charge in [0.15, 0.2) is 0 Å². The number of aliphatic hydroxyl groups is 1. The zero-order valence-corrected chi connectivity index (χ0v) is 11.0. The van der Waals surface area contributed by atoms with Crippen LogP contribution in [0.4, 0.5) is 5.69 Å². The van der Waals surface area contributed by atoms with Crippen LogP contribution < -0.4 is 11.1 Å². The number of anilines is 1. The van der Waals surface area contributed by atoms with E-state index in [2.05, 4.69) is 5.32 Å². The SMILES string of the molecule is NC(=O)C1CC(O)CN1C(=O)C1Cc2ccccc2N1. The van der Waals surface area contributed by atoms with Crippen LogP contribution in [0.5, 0.6) is 0 Å². The molecule has 1 aromatic carbocycles. The molecule has 1 aromatic rings. The average molecular weight is 275 g/mol. The van der Waals surface area contributed by atoms with Gasteiger partial charge in [-0.1, -0.05) is 18.2 Å². The molecule has 6 nitrogen and oxygen atoms in total. The molecule has 3 unspecified atom stereocenters.